The Morgan fingerprint density at radius 3 is 1.96 bits per heavy atom. The van der Waals surface area contributed by atoms with Gasteiger partial charge in [-0.3, -0.25) is 9.59 Å². The van der Waals surface area contributed by atoms with Crippen LogP contribution in [0.1, 0.15) is 76.3 Å². The summed E-state index contributed by atoms with van der Waals surface area (Å²) in [7, 11) is 0. The molecule has 1 fully saturated rings. The number of nitrogens with one attached hydrogen (secondary N) is 2. The van der Waals surface area contributed by atoms with E-state index in [-0.39, 0.29) is 24.0 Å². The maximum absolute atomic E-state index is 12.4. The first kappa shape index (κ1) is 19.4. The fourth-order valence-electron chi connectivity index (χ4n) is 3.34. The highest BCUT2D eigenvalue weighted by Gasteiger charge is 2.25. The van der Waals surface area contributed by atoms with Crippen molar-refractivity contribution in [3.63, 3.8) is 0 Å². The lowest BCUT2D eigenvalue weighted by Crippen LogP contribution is -2.44. The van der Waals surface area contributed by atoms with E-state index in [0.29, 0.717) is 25.7 Å². The van der Waals surface area contributed by atoms with Crippen LogP contribution in [0.3, 0.4) is 0 Å². The van der Waals surface area contributed by atoms with Crippen molar-refractivity contribution < 1.29 is 14.7 Å². The van der Waals surface area contributed by atoms with Crippen LogP contribution in [0.25, 0.3) is 0 Å². The molecule has 0 heterocycles. The van der Waals surface area contributed by atoms with Crippen molar-refractivity contribution in [2.75, 3.05) is 5.32 Å². The molecule has 1 saturated carbocycles. The molecule has 5 heteroatoms. The first-order valence-electron chi connectivity index (χ1n) is 9.22. The van der Waals surface area contributed by atoms with E-state index in [9.17, 15) is 14.7 Å². The zero-order chi connectivity index (χ0) is 18.6. The lowest BCUT2D eigenvalue weighted by Gasteiger charge is -2.26. The second kappa shape index (κ2) is 8.48. The summed E-state index contributed by atoms with van der Waals surface area (Å²) in [5, 5.41) is 15.2. The molecule has 138 valence electrons. The minimum absolute atomic E-state index is 0.0356. The molecule has 0 spiro atoms. The maximum atomic E-state index is 12.4. The summed E-state index contributed by atoms with van der Waals surface area (Å²) in [4.78, 5) is 24.7. The average Bonchev–Trinajstić information content (AvgIpc) is 2.56. The minimum atomic E-state index is -0.624. The molecule has 0 aliphatic heterocycles. The van der Waals surface area contributed by atoms with Crippen LogP contribution in [-0.4, -0.2) is 29.1 Å². The van der Waals surface area contributed by atoms with Gasteiger partial charge in [0.05, 0.1) is 6.10 Å². The van der Waals surface area contributed by atoms with Gasteiger partial charge in [0.1, 0.15) is 0 Å². The van der Waals surface area contributed by atoms with E-state index in [4.69, 9.17) is 0 Å². The van der Waals surface area contributed by atoms with E-state index in [1.165, 1.54) is 0 Å². The van der Waals surface area contributed by atoms with Gasteiger partial charge in [0.15, 0.2) is 0 Å². The van der Waals surface area contributed by atoms with Gasteiger partial charge in [-0.2, -0.15) is 0 Å². The zero-order valence-corrected chi connectivity index (χ0v) is 15.6. The molecule has 1 aliphatic carbocycles. The van der Waals surface area contributed by atoms with Gasteiger partial charge >= 0.3 is 11.8 Å². The lowest BCUT2D eigenvalue weighted by atomic mass is 9.92. The van der Waals surface area contributed by atoms with E-state index < -0.39 is 11.8 Å². The highest BCUT2D eigenvalue weighted by atomic mass is 16.3. The second-order valence-electron chi connectivity index (χ2n) is 7.55. The number of aliphatic hydroxyl groups is 1. The summed E-state index contributed by atoms with van der Waals surface area (Å²) < 4.78 is 0. The Balaban J connectivity index is 2.10. The van der Waals surface area contributed by atoms with Gasteiger partial charge in [0, 0.05) is 11.7 Å². The van der Waals surface area contributed by atoms with Gasteiger partial charge in [-0.1, -0.05) is 45.9 Å². The predicted octanol–water partition coefficient (Wildman–Crippen LogP) is 3.29. The topological polar surface area (TPSA) is 78.4 Å². The molecular weight excluding hydrogens is 316 g/mol. The molecule has 1 aromatic rings. The second-order valence-corrected chi connectivity index (χ2v) is 7.55. The first-order chi connectivity index (χ1) is 11.8. The zero-order valence-electron chi connectivity index (χ0n) is 15.6. The number of carbonyl (C=O) groups excluding carboxylic acids is 2. The van der Waals surface area contributed by atoms with Crippen LogP contribution in [0.4, 0.5) is 5.69 Å². The normalized spacial score (nSPS) is 20.6. The number of aliphatic hydroxyl groups excluding tert-OH is 1. The number of amides is 2. The van der Waals surface area contributed by atoms with Gasteiger partial charge in [-0.15, -0.1) is 0 Å². The molecular formula is C20H30N2O3. The fourth-order valence-corrected chi connectivity index (χ4v) is 3.34. The van der Waals surface area contributed by atoms with E-state index in [2.05, 4.69) is 38.3 Å². The van der Waals surface area contributed by atoms with Crippen LogP contribution in [0.2, 0.25) is 0 Å². The standard InChI is InChI=1S/C20H30N2O3/c1-12(2)16-6-5-7-17(13(3)4)18(16)22-20(25)19(24)21-14-8-10-15(23)11-9-14/h5-7,12-15,23H,8-11H2,1-4H3,(H,21,24)(H,22,25). The Bertz CT molecular complexity index is 591. The van der Waals surface area contributed by atoms with Gasteiger partial charge in [-0.25, -0.2) is 0 Å². The molecule has 0 saturated heterocycles. The van der Waals surface area contributed by atoms with Gasteiger partial charge < -0.3 is 15.7 Å². The molecule has 1 aromatic carbocycles. The third-order valence-electron chi connectivity index (χ3n) is 4.85. The summed E-state index contributed by atoms with van der Waals surface area (Å²) in [5.74, 6) is -0.732. The van der Waals surface area contributed by atoms with Crippen molar-refractivity contribution in [1.82, 2.24) is 5.32 Å². The van der Waals surface area contributed by atoms with Gasteiger partial charge in [0.2, 0.25) is 0 Å². The van der Waals surface area contributed by atoms with Crippen LogP contribution in [0, 0.1) is 0 Å². The highest BCUT2D eigenvalue weighted by molar-refractivity contribution is 6.39. The molecule has 3 N–H and O–H groups in total. The largest absolute Gasteiger partial charge is 0.393 e. The number of para-hydroxylation sites is 1. The Kier molecular flexibility index (Phi) is 6.59. The van der Waals surface area contributed by atoms with Gasteiger partial charge in [0.25, 0.3) is 0 Å². The van der Waals surface area contributed by atoms with Gasteiger partial charge in [-0.05, 0) is 48.6 Å². The van der Waals surface area contributed by atoms with Crippen LogP contribution < -0.4 is 10.6 Å². The summed E-state index contributed by atoms with van der Waals surface area (Å²) in [6.07, 6.45) is 2.47. The first-order valence-corrected chi connectivity index (χ1v) is 9.22. The van der Waals surface area contributed by atoms with Crippen molar-refractivity contribution in [3.05, 3.63) is 29.3 Å². The third kappa shape index (κ3) is 5.05. The summed E-state index contributed by atoms with van der Waals surface area (Å²) in [6, 6.07) is 5.94. The molecule has 0 aromatic heterocycles. The van der Waals surface area contributed by atoms with Crippen molar-refractivity contribution in [3.8, 4) is 0 Å². The summed E-state index contributed by atoms with van der Waals surface area (Å²) in [6.45, 7) is 8.29. The number of carbonyl (C=O) groups is 2. The Morgan fingerprint density at radius 1 is 0.960 bits per heavy atom. The van der Waals surface area contributed by atoms with E-state index in [1.807, 2.05) is 18.2 Å². The SMILES string of the molecule is CC(C)c1cccc(C(C)C)c1NC(=O)C(=O)NC1CCC(O)CC1. The van der Waals surface area contributed by atoms with E-state index >= 15 is 0 Å². The highest BCUT2D eigenvalue weighted by Crippen LogP contribution is 2.32. The number of hydrogen-bond donors (Lipinski definition) is 3. The molecule has 2 amide bonds. The van der Waals surface area contributed by atoms with E-state index in [0.717, 1.165) is 16.8 Å². The molecule has 0 radical (unpaired) electrons. The van der Waals surface area contributed by atoms with Crippen LogP contribution in [0.5, 0.6) is 0 Å². The Labute approximate surface area is 150 Å². The lowest BCUT2D eigenvalue weighted by molar-refractivity contribution is -0.136. The monoisotopic (exact) mass is 346 g/mol. The number of anilines is 1. The summed E-state index contributed by atoms with van der Waals surface area (Å²) in [5.41, 5.74) is 2.83. The van der Waals surface area contributed by atoms with Crippen molar-refractivity contribution in [2.24, 2.45) is 0 Å². The molecule has 5 nitrogen and oxygen atoms in total. The quantitative estimate of drug-likeness (QED) is 0.732. The molecule has 25 heavy (non-hydrogen) atoms. The maximum Gasteiger partial charge on any atom is 0.313 e. The molecule has 1 aliphatic rings. The van der Waals surface area contributed by atoms with Crippen molar-refractivity contribution in [1.29, 1.82) is 0 Å². The number of benzene rings is 1. The smallest absolute Gasteiger partial charge is 0.313 e. The van der Waals surface area contributed by atoms with Crippen LogP contribution >= 0.6 is 0 Å². The van der Waals surface area contributed by atoms with Crippen LogP contribution in [-0.2, 0) is 9.59 Å². The average molecular weight is 346 g/mol. The third-order valence-corrected chi connectivity index (χ3v) is 4.85. The Morgan fingerprint density at radius 2 is 1.48 bits per heavy atom. The molecule has 0 unspecified atom stereocenters. The fraction of sp³-hybridized carbons (Fsp3) is 0.600. The van der Waals surface area contributed by atoms with Crippen LogP contribution in [0.15, 0.2) is 18.2 Å². The number of rotatable bonds is 4. The summed E-state index contributed by atoms with van der Waals surface area (Å²) >= 11 is 0. The Hall–Kier alpha value is -1.88. The number of hydrogen-bond acceptors (Lipinski definition) is 3. The predicted molar refractivity (Wildman–Crippen MR) is 99.7 cm³/mol. The molecule has 2 rings (SSSR count). The molecule has 0 bridgehead atoms. The van der Waals surface area contributed by atoms with Crippen molar-refractivity contribution in [2.45, 2.75) is 77.4 Å². The van der Waals surface area contributed by atoms with Crippen molar-refractivity contribution >= 4 is 17.5 Å². The molecule has 0 atom stereocenters. The van der Waals surface area contributed by atoms with E-state index in [1.54, 1.807) is 0 Å². The minimum Gasteiger partial charge on any atom is -0.393 e.